The molecule has 0 unspecified atom stereocenters. The molecule has 4 rings (SSSR count). The van der Waals surface area contributed by atoms with Crippen molar-refractivity contribution >= 4 is 33.2 Å². The summed E-state index contributed by atoms with van der Waals surface area (Å²) in [6.45, 7) is 4.28. The summed E-state index contributed by atoms with van der Waals surface area (Å²) in [6.07, 6.45) is 0. The maximum atomic E-state index is 5.28. The van der Waals surface area contributed by atoms with Gasteiger partial charge in [-0.05, 0) is 55.3 Å². The van der Waals surface area contributed by atoms with Crippen LogP contribution in [0, 0.1) is 13.8 Å². The molecule has 0 aliphatic carbocycles. The van der Waals surface area contributed by atoms with E-state index < -0.39 is 0 Å². The van der Waals surface area contributed by atoms with Gasteiger partial charge in [-0.2, -0.15) is 0 Å². The Kier molecular flexibility index (Phi) is 4.75. The summed E-state index contributed by atoms with van der Waals surface area (Å²) in [4.78, 5) is 3.89. The van der Waals surface area contributed by atoms with Gasteiger partial charge in [-0.25, -0.2) is 0 Å². The topological polar surface area (TPSA) is 9.23 Å². The van der Waals surface area contributed by atoms with Crippen LogP contribution in [0.2, 0.25) is 0 Å². The third kappa shape index (κ3) is 3.37. The van der Waals surface area contributed by atoms with Crippen molar-refractivity contribution in [3.05, 3.63) is 77.9 Å². The fourth-order valence-corrected chi connectivity index (χ4v) is 5.46. The van der Waals surface area contributed by atoms with Gasteiger partial charge in [0.2, 0.25) is 0 Å². The molecule has 0 radical (unpaired) electrons. The van der Waals surface area contributed by atoms with E-state index in [0.717, 1.165) is 5.75 Å². The molecule has 0 spiro atoms. The summed E-state index contributed by atoms with van der Waals surface area (Å²) in [5, 5.41) is 1.33. The second-order valence-electron chi connectivity index (χ2n) is 6.40. The molecule has 26 heavy (non-hydrogen) atoms. The lowest BCUT2D eigenvalue weighted by Gasteiger charge is -2.07. The van der Waals surface area contributed by atoms with E-state index in [0.29, 0.717) is 0 Å². The summed E-state index contributed by atoms with van der Waals surface area (Å²) in [7, 11) is 1.70. The van der Waals surface area contributed by atoms with Crippen LogP contribution in [-0.4, -0.2) is 7.11 Å². The number of thiophene rings is 1. The predicted molar refractivity (Wildman–Crippen MR) is 114 cm³/mol. The molecule has 3 heteroatoms. The summed E-state index contributed by atoms with van der Waals surface area (Å²) in [5.74, 6) is 0.888. The minimum absolute atomic E-state index is 0.888. The Labute approximate surface area is 162 Å². The van der Waals surface area contributed by atoms with Gasteiger partial charge in [0.15, 0.2) is 0 Å². The van der Waals surface area contributed by atoms with E-state index in [2.05, 4.69) is 68.4 Å². The first kappa shape index (κ1) is 17.2. The van der Waals surface area contributed by atoms with E-state index in [4.69, 9.17) is 4.74 Å². The molecule has 1 nitrogen and oxygen atoms in total. The third-order valence-electron chi connectivity index (χ3n) is 4.39. The van der Waals surface area contributed by atoms with E-state index in [1.54, 1.807) is 7.11 Å². The Hall–Kier alpha value is -2.23. The van der Waals surface area contributed by atoms with E-state index in [9.17, 15) is 0 Å². The quantitative estimate of drug-likeness (QED) is 0.368. The van der Waals surface area contributed by atoms with Gasteiger partial charge in [-0.1, -0.05) is 53.7 Å². The summed E-state index contributed by atoms with van der Waals surface area (Å²) in [6, 6.07) is 23.9. The van der Waals surface area contributed by atoms with Gasteiger partial charge in [0.25, 0.3) is 0 Å². The van der Waals surface area contributed by atoms with Crippen molar-refractivity contribution in [2.45, 2.75) is 23.6 Å². The molecule has 0 atom stereocenters. The fourth-order valence-electron chi connectivity index (χ4n) is 2.94. The summed E-state index contributed by atoms with van der Waals surface area (Å²) < 4.78 is 6.63. The third-order valence-corrected chi connectivity index (χ3v) is 6.86. The number of benzene rings is 3. The lowest BCUT2D eigenvalue weighted by molar-refractivity contribution is 0.414. The molecule has 0 saturated heterocycles. The van der Waals surface area contributed by atoms with Gasteiger partial charge < -0.3 is 4.74 Å². The standard InChI is InChI=1S/C23H20OS2/c1-15-4-7-17(8-5-15)22-23(20-13-6-16(2)14-21(20)26-22)25-19-11-9-18(24-3)10-12-19/h4-14H,1-3H3. The van der Waals surface area contributed by atoms with Gasteiger partial charge >= 0.3 is 0 Å². The van der Waals surface area contributed by atoms with Crippen LogP contribution < -0.4 is 4.74 Å². The minimum Gasteiger partial charge on any atom is -0.497 e. The second kappa shape index (κ2) is 7.18. The van der Waals surface area contributed by atoms with Gasteiger partial charge in [0, 0.05) is 24.8 Å². The van der Waals surface area contributed by atoms with Gasteiger partial charge in [0.1, 0.15) is 5.75 Å². The van der Waals surface area contributed by atoms with E-state index in [1.165, 1.54) is 41.4 Å². The van der Waals surface area contributed by atoms with Crippen molar-refractivity contribution < 1.29 is 4.74 Å². The van der Waals surface area contributed by atoms with Crippen LogP contribution in [0.3, 0.4) is 0 Å². The first-order valence-electron chi connectivity index (χ1n) is 8.56. The Bertz CT molecular complexity index is 1040. The van der Waals surface area contributed by atoms with Crippen LogP contribution in [-0.2, 0) is 0 Å². The van der Waals surface area contributed by atoms with E-state index in [1.807, 2.05) is 35.2 Å². The fraction of sp³-hybridized carbons (Fsp3) is 0.130. The first-order chi connectivity index (χ1) is 12.6. The molecule has 130 valence electrons. The predicted octanol–water partition coefficient (Wildman–Crippen LogP) is 7.34. The van der Waals surface area contributed by atoms with Gasteiger partial charge in [-0.3, -0.25) is 0 Å². The highest BCUT2D eigenvalue weighted by Crippen LogP contribution is 2.47. The molecule has 0 saturated carbocycles. The highest BCUT2D eigenvalue weighted by Gasteiger charge is 2.15. The van der Waals surface area contributed by atoms with Gasteiger partial charge in [0.05, 0.1) is 7.11 Å². The number of methoxy groups -OCH3 is 1. The maximum Gasteiger partial charge on any atom is 0.118 e. The van der Waals surface area contributed by atoms with Crippen LogP contribution in [0.25, 0.3) is 20.5 Å². The molecule has 0 bridgehead atoms. The SMILES string of the molecule is COc1ccc(Sc2c(-c3ccc(C)cc3)sc3cc(C)ccc23)cc1. The Morgan fingerprint density at radius 1 is 0.808 bits per heavy atom. The molecule has 1 aromatic heterocycles. The Morgan fingerprint density at radius 3 is 2.19 bits per heavy atom. The number of hydrogen-bond acceptors (Lipinski definition) is 3. The molecule has 0 aliphatic heterocycles. The van der Waals surface area contributed by atoms with Crippen molar-refractivity contribution in [1.29, 1.82) is 0 Å². The van der Waals surface area contributed by atoms with Crippen molar-refractivity contribution in [2.75, 3.05) is 7.11 Å². The number of aryl methyl sites for hydroxylation is 2. The highest BCUT2D eigenvalue weighted by molar-refractivity contribution is 8.00. The Balaban J connectivity index is 1.84. The molecule has 1 heterocycles. The second-order valence-corrected chi connectivity index (χ2v) is 8.54. The Morgan fingerprint density at radius 2 is 1.50 bits per heavy atom. The van der Waals surface area contributed by atoms with Crippen LogP contribution in [0.5, 0.6) is 5.75 Å². The maximum absolute atomic E-state index is 5.28. The summed E-state index contributed by atoms with van der Waals surface area (Å²) in [5.41, 5.74) is 3.87. The number of fused-ring (bicyclic) bond motifs is 1. The monoisotopic (exact) mass is 376 g/mol. The lowest BCUT2D eigenvalue weighted by atomic mass is 10.1. The lowest BCUT2D eigenvalue weighted by Crippen LogP contribution is -1.82. The molecule has 4 aromatic rings. The number of ether oxygens (including phenoxy) is 1. The molecule has 0 N–H and O–H groups in total. The molecule has 0 aliphatic rings. The molecule has 0 fully saturated rings. The molecular formula is C23H20OS2. The van der Waals surface area contributed by atoms with Crippen molar-refractivity contribution in [2.24, 2.45) is 0 Å². The number of hydrogen-bond donors (Lipinski definition) is 0. The van der Waals surface area contributed by atoms with Crippen molar-refractivity contribution in [1.82, 2.24) is 0 Å². The normalized spacial score (nSPS) is 11.0. The number of rotatable bonds is 4. The zero-order valence-corrected chi connectivity index (χ0v) is 16.7. The van der Waals surface area contributed by atoms with Gasteiger partial charge in [-0.15, -0.1) is 11.3 Å². The van der Waals surface area contributed by atoms with Crippen LogP contribution in [0.1, 0.15) is 11.1 Å². The van der Waals surface area contributed by atoms with Crippen molar-refractivity contribution in [3.63, 3.8) is 0 Å². The largest absolute Gasteiger partial charge is 0.497 e. The minimum atomic E-state index is 0.888. The van der Waals surface area contributed by atoms with Crippen molar-refractivity contribution in [3.8, 4) is 16.2 Å². The summed E-state index contributed by atoms with van der Waals surface area (Å²) >= 11 is 3.71. The molecular weight excluding hydrogens is 356 g/mol. The average molecular weight is 377 g/mol. The smallest absolute Gasteiger partial charge is 0.118 e. The first-order valence-corrected chi connectivity index (χ1v) is 10.2. The molecule has 3 aromatic carbocycles. The zero-order chi connectivity index (χ0) is 18.1. The molecule has 0 amide bonds. The van der Waals surface area contributed by atoms with E-state index >= 15 is 0 Å². The zero-order valence-electron chi connectivity index (χ0n) is 15.1. The van der Waals surface area contributed by atoms with Crippen LogP contribution in [0.15, 0.2) is 76.5 Å². The van der Waals surface area contributed by atoms with Crippen LogP contribution >= 0.6 is 23.1 Å². The van der Waals surface area contributed by atoms with E-state index in [-0.39, 0.29) is 0 Å². The van der Waals surface area contributed by atoms with Crippen LogP contribution in [0.4, 0.5) is 0 Å². The average Bonchev–Trinajstić information content (AvgIpc) is 3.00. The highest BCUT2D eigenvalue weighted by atomic mass is 32.2.